The Kier molecular flexibility index (Phi) is 4.42. The topological polar surface area (TPSA) is 91.5 Å². The van der Waals surface area contributed by atoms with E-state index in [9.17, 15) is 4.39 Å². The molecule has 7 nitrogen and oxygen atoms in total. The van der Waals surface area contributed by atoms with Crippen molar-refractivity contribution in [3.63, 3.8) is 0 Å². The summed E-state index contributed by atoms with van der Waals surface area (Å²) in [5.41, 5.74) is 1.34. The zero-order valence-electron chi connectivity index (χ0n) is 13.8. The minimum Gasteiger partial charge on any atom is -0.352 e. The third-order valence-corrected chi connectivity index (χ3v) is 3.74. The van der Waals surface area contributed by atoms with Gasteiger partial charge in [0.2, 0.25) is 11.9 Å². The van der Waals surface area contributed by atoms with Crippen LogP contribution in [0.4, 0.5) is 22.0 Å². The average molecular weight is 360 g/mol. The van der Waals surface area contributed by atoms with Crippen LogP contribution < -0.4 is 10.6 Å². The maximum Gasteiger partial charge on any atom is 0.224 e. The van der Waals surface area contributed by atoms with Crippen molar-refractivity contribution >= 4 is 40.3 Å². The van der Waals surface area contributed by atoms with E-state index in [2.05, 4.69) is 25.6 Å². The number of anilines is 3. The van der Waals surface area contributed by atoms with Gasteiger partial charge in [-0.25, -0.2) is 14.4 Å². The number of nitrogens with zero attached hydrogens (tertiary/aromatic N) is 5. The Morgan fingerprint density at radius 1 is 1.32 bits per heavy atom. The fourth-order valence-corrected chi connectivity index (χ4v) is 2.55. The van der Waals surface area contributed by atoms with E-state index in [1.54, 1.807) is 17.8 Å². The first-order valence-corrected chi connectivity index (χ1v) is 7.89. The van der Waals surface area contributed by atoms with Crippen molar-refractivity contribution in [1.29, 1.82) is 5.26 Å². The van der Waals surface area contributed by atoms with Crippen LogP contribution in [-0.4, -0.2) is 25.6 Å². The summed E-state index contributed by atoms with van der Waals surface area (Å²) < 4.78 is 15.9. The van der Waals surface area contributed by atoms with Crippen molar-refractivity contribution in [2.45, 2.75) is 19.9 Å². The monoisotopic (exact) mass is 359 g/mol. The van der Waals surface area contributed by atoms with Gasteiger partial charge in [0, 0.05) is 13.1 Å². The zero-order chi connectivity index (χ0) is 18.1. The van der Waals surface area contributed by atoms with Crippen LogP contribution in [0.25, 0.3) is 11.2 Å². The van der Waals surface area contributed by atoms with Gasteiger partial charge < -0.3 is 10.6 Å². The van der Waals surface area contributed by atoms with E-state index in [0.29, 0.717) is 23.1 Å². The minimum atomic E-state index is -0.635. The second-order valence-corrected chi connectivity index (χ2v) is 6.15. The van der Waals surface area contributed by atoms with Gasteiger partial charge in [0.25, 0.3) is 0 Å². The van der Waals surface area contributed by atoms with E-state index in [1.165, 1.54) is 6.07 Å². The molecular formula is C16H15ClFN7. The van der Waals surface area contributed by atoms with E-state index in [4.69, 9.17) is 16.9 Å². The highest BCUT2D eigenvalue weighted by Crippen LogP contribution is 2.30. The number of nitrogens with one attached hydrogen (secondary N) is 2. The first-order chi connectivity index (χ1) is 11.9. The Bertz CT molecular complexity index is 967. The molecule has 25 heavy (non-hydrogen) atoms. The molecule has 2 aromatic heterocycles. The molecule has 1 aromatic carbocycles. The quantitative estimate of drug-likeness (QED) is 0.739. The number of benzene rings is 1. The lowest BCUT2D eigenvalue weighted by molar-refractivity contribution is 0.631. The lowest BCUT2D eigenvalue weighted by Gasteiger charge is -2.10. The van der Waals surface area contributed by atoms with Crippen LogP contribution in [0, 0.1) is 17.1 Å². The summed E-state index contributed by atoms with van der Waals surface area (Å²) >= 11 is 6.07. The second-order valence-electron chi connectivity index (χ2n) is 5.75. The fourth-order valence-electron chi connectivity index (χ4n) is 2.29. The van der Waals surface area contributed by atoms with Crippen molar-refractivity contribution in [2.75, 3.05) is 10.6 Å². The predicted molar refractivity (Wildman–Crippen MR) is 94.5 cm³/mol. The molecule has 0 saturated heterocycles. The number of imidazole rings is 1. The first kappa shape index (κ1) is 16.9. The third kappa shape index (κ3) is 3.32. The smallest absolute Gasteiger partial charge is 0.224 e. The molecule has 0 amide bonds. The van der Waals surface area contributed by atoms with Gasteiger partial charge in [0.1, 0.15) is 11.3 Å². The van der Waals surface area contributed by atoms with Crippen molar-refractivity contribution < 1.29 is 4.39 Å². The Balaban J connectivity index is 2.00. The van der Waals surface area contributed by atoms with Crippen LogP contribution >= 0.6 is 11.6 Å². The largest absolute Gasteiger partial charge is 0.352 e. The van der Waals surface area contributed by atoms with Gasteiger partial charge in [-0.1, -0.05) is 11.6 Å². The molecule has 0 saturated carbocycles. The second kappa shape index (κ2) is 6.53. The van der Waals surface area contributed by atoms with E-state index in [1.807, 2.05) is 19.9 Å². The molecule has 0 aliphatic heterocycles. The number of aromatic nitrogens is 4. The number of hydrogen-bond acceptors (Lipinski definition) is 6. The Labute approximate surface area is 148 Å². The summed E-state index contributed by atoms with van der Waals surface area (Å²) in [5.74, 6) is 0.209. The van der Waals surface area contributed by atoms with Crippen molar-refractivity contribution in [3.05, 3.63) is 34.7 Å². The molecule has 3 aromatic rings. The Hall–Kier alpha value is -2.92. The number of hydrogen-bond donors (Lipinski definition) is 2. The van der Waals surface area contributed by atoms with E-state index in [-0.39, 0.29) is 22.3 Å². The molecule has 0 aliphatic rings. The summed E-state index contributed by atoms with van der Waals surface area (Å²) in [4.78, 5) is 13.0. The highest BCUT2D eigenvalue weighted by atomic mass is 35.5. The number of nitriles is 1. The molecule has 0 bridgehead atoms. The third-order valence-electron chi connectivity index (χ3n) is 3.44. The molecule has 0 spiro atoms. The molecule has 0 unspecified atom stereocenters. The summed E-state index contributed by atoms with van der Waals surface area (Å²) in [6.45, 7) is 3.97. The van der Waals surface area contributed by atoms with Crippen LogP contribution in [0.1, 0.15) is 19.4 Å². The lowest BCUT2D eigenvalue weighted by atomic mass is 10.2. The van der Waals surface area contributed by atoms with Crippen LogP contribution in [0.15, 0.2) is 18.3 Å². The predicted octanol–water partition coefficient (Wildman–Crippen LogP) is 3.59. The number of rotatable bonds is 4. The van der Waals surface area contributed by atoms with Crippen molar-refractivity contribution in [1.82, 2.24) is 19.5 Å². The standard InChI is InChI=1S/C16H15ClFN7/c1-8(2)21-15-20-7-12-14(24-15)25(3)16(22-12)23-13-10(17)4-9(6-19)5-11(13)18/h4-5,7-8H,1-3H3,(H,22,23)(H,20,21,24). The lowest BCUT2D eigenvalue weighted by Crippen LogP contribution is -2.12. The average Bonchev–Trinajstić information content (AvgIpc) is 2.86. The number of halogens is 2. The molecule has 0 atom stereocenters. The Morgan fingerprint density at radius 3 is 2.72 bits per heavy atom. The van der Waals surface area contributed by atoms with E-state index < -0.39 is 5.82 Å². The summed E-state index contributed by atoms with van der Waals surface area (Å²) in [7, 11) is 1.75. The van der Waals surface area contributed by atoms with E-state index >= 15 is 0 Å². The zero-order valence-corrected chi connectivity index (χ0v) is 14.6. The van der Waals surface area contributed by atoms with Gasteiger partial charge in [-0.15, -0.1) is 0 Å². The Morgan fingerprint density at radius 2 is 2.08 bits per heavy atom. The van der Waals surface area contributed by atoms with Crippen LogP contribution in [-0.2, 0) is 7.05 Å². The van der Waals surface area contributed by atoms with Crippen molar-refractivity contribution in [3.8, 4) is 6.07 Å². The molecule has 2 N–H and O–H groups in total. The molecule has 9 heteroatoms. The summed E-state index contributed by atoms with van der Waals surface area (Å²) in [6, 6.07) is 4.55. The van der Waals surface area contributed by atoms with Gasteiger partial charge in [-0.2, -0.15) is 10.2 Å². The summed E-state index contributed by atoms with van der Waals surface area (Å²) in [5, 5.41) is 14.9. The van der Waals surface area contributed by atoms with Crippen LogP contribution in [0.2, 0.25) is 5.02 Å². The van der Waals surface area contributed by atoms with E-state index in [0.717, 1.165) is 6.07 Å². The van der Waals surface area contributed by atoms with Gasteiger partial charge >= 0.3 is 0 Å². The van der Waals surface area contributed by atoms with Crippen LogP contribution in [0.3, 0.4) is 0 Å². The molecule has 0 radical (unpaired) electrons. The van der Waals surface area contributed by atoms with Gasteiger partial charge in [0.15, 0.2) is 5.65 Å². The first-order valence-electron chi connectivity index (χ1n) is 7.51. The highest BCUT2D eigenvalue weighted by molar-refractivity contribution is 6.33. The number of aryl methyl sites for hydroxylation is 1. The molecule has 0 fully saturated rings. The maximum atomic E-state index is 14.2. The maximum absolute atomic E-state index is 14.2. The van der Waals surface area contributed by atoms with Gasteiger partial charge in [-0.05, 0) is 26.0 Å². The molecule has 128 valence electrons. The molecule has 3 rings (SSSR count). The van der Waals surface area contributed by atoms with Crippen LogP contribution in [0.5, 0.6) is 0 Å². The number of fused-ring (bicyclic) bond motifs is 1. The van der Waals surface area contributed by atoms with Gasteiger partial charge in [0.05, 0.1) is 28.5 Å². The fraction of sp³-hybridized carbons (Fsp3) is 0.250. The highest BCUT2D eigenvalue weighted by Gasteiger charge is 2.15. The van der Waals surface area contributed by atoms with Crippen molar-refractivity contribution in [2.24, 2.45) is 7.05 Å². The molecule has 2 heterocycles. The minimum absolute atomic E-state index is 0.0487. The molecule has 0 aliphatic carbocycles. The SMILES string of the molecule is CC(C)Nc1ncc2nc(Nc3c(F)cc(C#N)cc3Cl)n(C)c2n1. The summed E-state index contributed by atoms with van der Waals surface area (Å²) in [6.07, 6.45) is 1.59. The normalized spacial score (nSPS) is 10.9. The molecular weight excluding hydrogens is 345 g/mol. The van der Waals surface area contributed by atoms with Gasteiger partial charge in [-0.3, -0.25) is 4.57 Å².